The van der Waals surface area contributed by atoms with Crippen LogP contribution < -0.4 is 5.32 Å². The van der Waals surface area contributed by atoms with Crippen LogP contribution in [0.1, 0.15) is 33.4 Å². The Labute approximate surface area is 149 Å². The van der Waals surface area contributed by atoms with E-state index in [-0.39, 0.29) is 11.9 Å². The summed E-state index contributed by atoms with van der Waals surface area (Å²) >= 11 is 0. The zero-order valence-corrected chi connectivity index (χ0v) is 15.2. The van der Waals surface area contributed by atoms with Crippen molar-refractivity contribution in [3.63, 3.8) is 0 Å². The molecule has 1 N–H and O–H groups in total. The first-order chi connectivity index (χ1) is 12.1. The quantitative estimate of drug-likeness (QED) is 0.929. The fraction of sp³-hybridized carbons (Fsp3) is 0.400. The number of pyridine rings is 1. The number of amides is 1. The lowest BCUT2D eigenvalue weighted by molar-refractivity contribution is 0.0892. The van der Waals surface area contributed by atoms with Crippen molar-refractivity contribution in [2.75, 3.05) is 33.7 Å². The summed E-state index contributed by atoms with van der Waals surface area (Å²) in [4.78, 5) is 21.4. The van der Waals surface area contributed by atoms with E-state index in [2.05, 4.69) is 45.3 Å². The van der Waals surface area contributed by atoms with Gasteiger partial charge in [0.15, 0.2) is 0 Å². The average molecular weight is 338 g/mol. The second-order valence-electron chi connectivity index (χ2n) is 6.71. The number of nitrogens with one attached hydrogen (secondary N) is 1. The first-order valence-electron chi connectivity index (χ1n) is 8.74. The third-order valence-electron chi connectivity index (χ3n) is 4.82. The number of likely N-dealkylation sites (N-methyl/N-ethyl adjacent to an activating group) is 1. The standard InChI is InChI=1S/C20H26N4O/c1-15-6-4-9-18(22-15)13-24-11-10-23(3)19(14-24)16-7-5-8-17(12-16)20(25)21-2/h4-9,12,19H,10-11,13-14H2,1-3H3,(H,21,25)/t19-/m0/s1. The van der Waals surface area contributed by atoms with E-state index in [0.717, 1.165) is 37.6 Å². The molecule has 0 spiro atoms. The number of piperazine rings is 1. The highest BCUT2D eigenvalue weighted by molar-refractivity contribution is 5.94. The number of carbonyl (C=O) groups excluding carboxylic acids is 1. The van der Waals surface area contributed by atoms with Gasteiger partial charge in [-0.3, -0.25) is 19.6 Å². The molecule has 0 aliphatic carbocycles. The third-order valence-corrected chi connectivity index (χ3v) is 4.82. The minimum absolute atomic E-state index is 0.0406. The van der Waals surface area contributed by atoms with Gasteiger partial charge in [-0.15, -0.1) is 0 Å². The molecule has 0 unspecified atom stereocenters. The van der Waals surface area contributed by atoms with E-state index in [0.29, 0.717) is 5.56 Å². The molecule has 25 heavy (non-hydrogen) atoms. The minimum atomic E-state index is -0.0406. The van der Waals surface area contributed by atoms with E-state index in [1.807, 2.05) is 31.2 Å². The molecule has 1 aromatic carbocycles. The molecular formula is C20H26N4O. The molecule has 2 heterocycles. The molecule has 1 aromatic heterocycles. The number of rotatable bonds is 4. The van der Waals surface area contributed by atoms with Crippen molar-refractivity contribution < 1.29 is 4.79 Å². The Hall–Kier alpha value is -2.24. The SMILES string of the molecule is CNC(=O)c1cccc([C@@H]2CN(Cc3cccc(C)n3)CCN2C)c1. The third kappa shape index (κ3) is 4.24. The van der Waals surface area contributed by atoms with Gasteiger partial charge in [-0.2, -0.15) is 0 Å². The smallest absolute Gasteiger partial charge is 0.251 e. The molecule has 0 bridgehead atoms. The van der Waals surface area contributed by atoms with E-state index in [1.165, 1.54) is 5.56 Å². The molecule has 5 heteroatoms. The Morgan fingerprint density at radius 2 is 2.04 bits per heavy atom. The molecule has 5 nitrogen and oxygen atoms in total. The summed E-state index contributed by atoms with van der Waals surface area (Å²) in [6.45, 7) is 5.85. The van der Waals surface area contributed by atoms with Crippen molar-refractivity contribution in [3.8, 4) is 0 Å². The molecule has 1 aliphatic heterocycles. The minimum Gasteiger partial charge on any atom is -0.355 e. The van der Waals surface area contributed by atoms with Crippen molar-refractivity contribution in [2.24, 2.45) is 0 Å². The van der Waals surface area contributed by atoms with Crippen LogP contribution in [-0.2, 0) is 6.54 Å². The van der Waals surface area contributed by atoms with Crippen LogP contribution in [-0.4, -0.2) is 54.4 Å². The van der Waals surface area contributed by atoms with Crippen LogP contribution in [0.15, 0.2) is 42.5 Å². The highest BCUT2D eigenvalue weighted by Crippen LogP contribution is 2.25. The van der Waals surface area contributed by atoms with Gasteiger partial charge in [0.05, 0.1) is 5.69 Å². The number of nitrogens with zero attached hydrogens (tertiary/aromatic N) is 3. The number of benzene rings is 1. The summed E-state index contributed by atoms with van der Waals surface area (Å²) in [7, 11) is 3.82. The van der Waals surface area contributed by atoms with Crippen LogP contribution in [0.25, 0.3) is 0 Å². The van der Waals surface area contributed by atoms with Crippen molar-refractivity contribution in [3.05, 3.63) is 65.0 Å². The number of carbonyl (C=O) groups is 1. The predicted octanol–water partition coefficient (Wildman–Crippen LogP) is 2.24. The van der Waals surface area contributed by atoms with Gasteiger partial charge < -0.3 is 5.32 Å². The second kappa shape index (κ2) is 7.76. The van der Waals surface area contributed by atoms with E-state index in [4.69, 9.17) is 0 Å². The highest BCUT2D eigenvalue weighted by Gasteiger charge is 2.26. The fourth-order valence-corrected chi connectivity index (χ4v) is 3.38. The van der Waals surface area contributed by atoms with Crippen LogP contribution in [0.4, 0.5) is 0 Å². The Kier molecular flexibility index (Phi) is 5.46. The lowest BCUT2D eigenvalue weighted by atomic mass is 10.00. The summed E-state index contributed by atoms with van der Waals surface area (Å²) in [6.07, 6.45) is 0. The van der Waals surface area contributed by atoms with Crippen LogP contribution in [0.5, 0.6) is 0 Å². The second-order valence-corrected chi connectivity index (χ2v) is 6.71. The van der Waals surface area contributed by atoms with Crippen molar-refractivity contribution in [2.45, 2.75) is 19.5 Å². The topological polar surface area (TPSA) is 48.5 Å². The summed E-state index contributed by atoms with van der Waals surface area (Å²) < 4.78 is 0. The zero-order chi connectivity index (χ0) is 17.8. The van der Waals surface area contributed by atoms with E-state index < -0.39 is 0 Å². The Morgan fingerprint density at radius 1 is 1.24 bits per heavy atom. The van der Waals surface area contributed by atoms with Crippen LogP contribution in [0.2, 0.25) is 0 Å². The summed E-state index contributed by atoms with van der Waals surface area (Å²) in [5, 5.41) is 2.70. The maximum atomic E-state index is 11.9. The van der Waals surface area contributed by atoms with Gasteiger partial charge in [0, 0.05) is 50.5 Å². The molecule has 0 radical (unpaired) electrons. The summed E-state index contributed by atoms with van der Waals surface area (Å²) in [5.41, 5.74) is 4.07. The van der Waals surface area contributed by atoms with Gasteiger partial charge in [-0.25, -0.2) is 0 Å². The molecule has 1 atom stereocenters. The monoisotopic (exact) mass is 338 g/mol. The molecule has 0 saturated carbocycles. The summed E-state index contributed by atoms with van der Waals surface area (Å²) in [6, 6.07) is 14.4. The van der Waals surface area contributed by atoms with Crippen LogP contribution >= 0.6 is 0 Å². The molecule has 1 amide bonds. The zero-order valence-electron chi connectivity index (χ0n) is 15.2. The Balaban J connectivity index is 1.75. The largest absolute Gasteiger partial charge is 0.355 e. The number of aryl methyl sites for hydroxylation is 1. The van der Waals surface area contributed by atoms with Gasteiger partial charge in [-0.05, 0) is 43.8 Å². The lowest BCUT2D eigenvalue weighted by Gasteiger charge is -2.39. The predicted molar refractivity (Wildman–Crippen MR) is 99.5 cm³/mol. The lowest BCUT2D eigenvalue weighted by Crippen LogP contribution is -2.46. The van der Waals surface area contributed by atoms with E-state index in [9.17, 15) is 4.79 Å². The molecular weight excluding hydrogens is 312 g/mol. The normalized spacial score (nSPS) is 18.9. The molecule has 1 aliphatic rings. The Morgan fingerprint density at radius 3 is 2.80 bits per heavy atom. The van der Waals surface area contributed by atoms with Crippen LogP contribution in [0, 0.1) is 6.92 Å². The van der Waals surface area contributed by atoms with Gasteiger partial charge in [-0.1, -0.05) is 18.2 Å². The van der Waals surface area contributed by atoms with E-state index in [1.54, 1.807) is 7.05 Å². The van der Waals surface area contributed by atoms with Gasteiger partial charge >= 0.3 is 0 Å². The maximum Gasteiger partial charge on any atom is 0.251 e. The van der Waals surface area contributed by atoms with Gasteiger partial charge in [0.2, 0.25) is 0 Å². The van der Waals surface area contributed by atoms with Crippen molar-refractivity contribution >= 4 is 5.91 Å². The molecule has 1 fully saturated rings. The molecule has 132 valence electrons. The van der Waals surface area contributed by atoms with Gasteiger partial charge in [0.1, 0.15) is 0 Å². The fourth-order valence-electron chi connectivity index (χ4n) is 3.38. The Bertz CT molecular complexity index is 746. The molecule has 2 aromatic rings. The highest BCUT2D eigenvalue weighted by atomic mass is 16.1. The van der Waals surface area contributed by atoms with E-state index >= 15 is 0 Å². The summed E-state index contributed by atoms with van der Waals surface area (Å²) in [5.74, 6) is -0.0406. The first kappa shape index (κ1) is 17.6. The average Bonchev–Trinajstić information content (AvgIpc) is 2.63. The van der Waals surface area contributed by atoms with Gasteiger partial charge in [0.25, 0.3) is 5.91 Å². The number of aromatic nitrogens is 1. The molecule has 1 saturated heterocycles. The van der Waals surface area contributed by atoms with Crippen LogP contribution in [0.3, 0.4) is 0 Å². The molecule has 3 rings (SSSR count). The van der Waals surface area contributed by atoms with Crippen molar-refractivity contribution in [1.29, 1.82) is 0 Å². The van der Waals surface area contributed by atoms with Crippen molar-refractivity contribution in [1.82, 2.24) is 20.1 Å². The number of hydrogen-bond acceptors (Lipinski definition) is 4. The first-order valence-corrected chi connectivity index (χ1v) is 8.74. The number of hydrogen-bond donors (Lipinski definition) is 1. The maximum absolute atomic E-state index is 11.9.